The zero-order chi connectivity index (χ0) is 10.1. The fraction of sp³-hybridized carbons (Fsp3) is 0.455. The maximum Gasteiger partial charge on any atom is 0.0259 e. The van der Waals surface area contributed by atoms with Crippen LogP contribution in [0.3, 0.4) is 0 Å². The quantitative estimate of drug-likeness (QED) is 0.828. The highest BCUT2D eigenvalue weighted by Gasteiger charge is 2.23. The molecule has 1 aliphatic heterocycles. The Labute approximate surface area is 93.2 Å². The topological polar surface area (TPSA) is 29.3 Å². The molecular formula is C11H15BrN2. The fourth-order valence-corrected chi connectivity index (χ4v) is 2.60. The van der Waals surface area contributed by atoms with Gasteiger partial charge in [-0.3, -0.25) is 4.90 Å². The standard InChI is InChI=1S/C11H15BrN2/c1-14-7-8-3-2-4-11(12)10(8)5-9(14)6-13/h2-4,9H,5-7,13H2,1H3/t9-/m1/s1. The molecule has 1 aliphatic rings. The van der Waals surface area contributed by atoms with Gasteiger partial charge >= 0.3 is 0 Å². The Kier molecular flexibility index (Phi) is 2.91. The van der Waals surface area contributed by atoms with Crippen LogP contribution in [0.4, 0.5) is 0 Å². The minimum absolute atomic E-state index is 0.487. The van der Waals surface area contributed by atoms with Crippen molar-refractivity contribution < 1.29 is 0 Å². The van der Waals surface area contributed by atoms with Crippen LogP contribution >= 0.6 is 15.9 Å². The molecule has 76 valence electrons. The first-order chi connectivity index (χ1) is 6.72. The summed E-state index contributed by atoms with van der Waals surface area (Å²) in [5.41, 5.74) is 8.60. The molecule has 2 N–H and O–H groups in total. The van der Waals surface area contributed by atoms with E-state index in [1.54, 1.807) is 0 Å². The zero-order valence-corrected chi connectivity index (χ0v) is 9.92. The molecule has 0 radical (unpaired) electrons. The average Bonchev–Trinajstić information content (AvgIpc) is 2.17. The van der Waals surface area contributed by atoms with Crippen molar-refractivity contribution in [3.05, 3.63) is 33.8 Å². The minimum Gasteiger partial charge on any atom is -0.329 e. The van der Waals surface area contributed by atoms with Crippen LogP contribution in [0.1, 0.15) is 11.1 Å². The Morgan fingerprint density at radius 1 is 1.57 bits per heavy atom. The highest BCUT2D eigenvalue weighted by molar-refractivity contribution is 9.10. The van der Waals surface area contributed by atoms with Gasteiger partial charge in [0.1, 0.15) is 0 Å². The van der Waals surface area contributed by atoms with E-state index in [1.165, 1.54) is 15.6 Å². The molecular weight excluding hydrogens is 240 g/mol. The van der Waals surface area contributed by atoms with Crippen molar-refractivity contribution in [2.24, 2.45) is 5.73 Å². The number of benzene rings is 1. The Bertz CT molecular complexity index is 338. The second-order valence-electron chi connectivity index (χ2n) is 3.89. The summed E-state index contributed by atoms with van der Waals surface area (Å²) in [6.07, 6.45) is 1.06. The van der Waals surface area contributed by atoms with Gasteiger partial charge in [-0.15, -0.1) is 0 Å². The van der Waals surface area contributed by atoms with Crippen molar-refractivity contribution in [3.63, 3.8) is 0 Å². The maximum atomic E-state index is 5.74. The van der Waals surface area contributed by atoms with Crippen molar-refractivity contribution in [2.75, 3.05) is 13.6 Å². The summed E-state index contributed by atoms with van der Waals surface area (Å²) in [6.45, 7) is 1.74. The number of rotatable bonds is 1. The second kappa shape index (κ2) is 4.01. The van der Waals surface area contributed by atoms with E-state index in [4.69, 9.17) is 5.73 Å². The molecule has 0 amide bonds. The number of hydrogen-bond acceptors (Lipinski definition) is 2. The van der Waals surface area contributed by atoms with Crippen molar-refractivity contribution >= 4 is 15.9 Å². The predicted molar refractivity (Wildman–Crippen MR) is 62.2 cm³/mol. The van der Waals surface area contributed by atoms with Crippen LogP contribution in [-0.2, 0) is 13.0 Å². The Balaban J connectivity index is 2.36. The van der Waals surface area contributed by atoms with E-state index in [0.717, 1.165) is 19.5 Å². The first-order valence-corrected chi connectivity index (χ1v) is 5.68. The SMILES string of the molecule is CN1Cc2cccc(Br)c2C[C@@H]1CN. The average molecular weight is 255 g/mol. The van der Waals surface area contributed by atoms with Crippen LogP contribution < -0.4 is 5.73 Å². The molecule has 0 aromatic heterocycles. The van der Waals surface area contributed by atoms with Crippen LogP contribution in [0.2, 0.25) is 0 Å². The first kappa shape index (κ1) is 10.1. The summed E-state index contributed by atoms with van der Waals surface area (Å²) in [4.78, 5) is 2.33. The van der Waals surface area contributed by atoms with E-state index in [-0.39, 0.29) is 0 Å². The number of fused-ring (bicyclic) bond motifs is 1. The molecule has 0 saturated heterocycles. The lowest BCUT2D eigenvalue weighted by molar-refractivity contribution is 0.220. The third-order valence-corrected chi connectivity index (χ3v) is 3.71. The third-order valence-electron chi connectivity index (χ3n) is 2.97. The lowest BCUT2D eigenvalue weighted by Crippen LogP contribution is -2.42. The molecule has 0 spiro atoms. The summed E-state index contributed by atoms with van der Waals surface area (Å²) in [5, 5.41) is 0. The second-order valence-corrected chi connectivity index (χ2v) is 4.74. The van der Waals surface area contributed by atoms with Gasteiger partial charge < -0.3 is 5.73 Å². The summed E-state index contributed by atoms with van der Waals surface area (Å²) >= 11 is 3.60. The number of nitrogens with zero attached hydrogens (tertiary/aromatic N) is 1. The minimum atomic E-state index is 0.487. The van der Waals surface area contributed by atoms with Gasteiger partial charge in [0.15, 0.2) is 0 Å². The van der Waals surface area contributed by atoms with Gasteiger partial charge in [-0.2, -0.15) is 0 Å². The van der Waals surface area contributed by atoms with Crippen LogP contribution in [0.25, 0.3) is 0 Å². The molecule has 1 aromatic carbocycles. The summed E-state index contributed by atoms with van der Waals surface area (Å²) in [6, 6.07) is 6.89. The lowest BCUT2D eigenvalue weighted by atomic mass is 9.94. The van der Waals surface area contributed by atoms with E-state index in [9.17, 15) is 0 Å². The Hall–Kier alpha value is -0.380. The fourth-order valence-electron chi connectivity index (χ4n) is 2.03. The van der Waals surface area contributed by atoms with Gasteiger partial charge in [-0.25, -0.2) is 0 Å². The molecule has 0 unspecified atom stereocenters. The number of likely N-dealkylation sites (N-methyl/N-ethyl adjacent to an activating group) is 1. The van der Waals surface area contributed by atoms with Crippen molar-refractivity contribution in [1.29, 1.82) is 0 Å². The molecule has 0 fully saturated rings. The van der Waals surface area contributed by atoms with Crippen molar-refractivity contribution in [2.45, 2.75) is 19.0 Å². The predicted octanol–water partition coefficient (Wildman–Crippen LogP) is 1.76. The monoisotopic (exact) mass is 254 g/mol. The van der Waals surface area contributed by atoms with Gasteiger partial charge in [-0.05, 0) is 30.7 Å². The third kappa shape index (κ3) is 1.72. The van der Waals surface area contributed by atoms with Gasteiger partial charge in [0, 0.05) is 23.6 Å². The molecule has 1 atom stereocenters. The summed E-state index contributed by atoms with van der Waals surface area (Å²) in [7, 11) is 2.14. The van der Waals surface area contributed by atoms with Crippen LogP contribution in [0, 0.1) is 0 Å². The van der Waals surface area contributed by atoms with E-state index < -0.39 is 0 Å². The molecule has 0 aliphatic carbocycles. The summed E-state index contributed by atoms with van der Waals surface area (Å²) in [5.74, 6) is 0. The Morgan fingerprint density at radius 3 is 3.07 bits per heavy atom. The summed E-state index contributed by atoms with van der Waals surface area (Å²) < 4.78 is 1.22. The molecule has 0 saturated carbocycles. The number of hydrogen-bond donors (Lipinski definition) is 1. The number of nitrogens with two attached hydrogens (primary N) is 1. The lowest BCUT2D eigenvalue weighted by Gasteiger charge is -2.33. The van der Waals surface area contributed by atoms with E-state index in [2.05, 4.69) is 46.1 Å². The smallest absolute Gasteiger partial charge is 0.0259 e. The molecule has 0 bridgehead atoms. The van der Waals surface area contributed by atoms with E-state index in [0.29, 0.717) is 6.04 Å². The highest BCUT2D eigenvalue weighted by Crippen LogP contribution is 2.28. The van der Waals surface area contributed by atoms with Crippen LogP contribution in [0.5, 0.6) is 0 Å². The highest BCUT2D eigenvalue weighted by atomic mass is 79.9. The zero-order valence-electron chi connectivity index (χ0n) is 8.33. The molecule has 1 aromatic rings. The van der Waals surface area contributed by atoms with E-state index in [1.807, 2.05) is 0 Å². The molecule has 3 heteroatoms. The normalized spacial score (nSPS) is 22.1. The molecule has 14 heavy (non-hydrogen) atoms. The number of halogens is 1. The van der Waals surface area contributed by atoms with Crippen LogP contribution in [0.15, 0.2) is 22.7 Å². The largest absolute Gasteiger partial charge is 0.329 e. The first-order valence-electron chi connectivity index (χ1n) is 4.89. The van der Waals surface area contributed by atoms with Crippen LogP contribution in [-0.4, -0.2) is 24.5 Å². The van der Waals surface area contributed by atoms with Crippen molar-refractivity contribution in [1.82, 2.24) is 4.90 Å². The molecule has 1 heterocycles. The van der Waals surface area contributed by atoms with Crippen molar-refractivity contribution in [3.8, 4) is 0 Å². The van der Waals surface area contributed by atoms with Gasteiger partial charge in [0.25, 0.3) is 0 Å². The van der Waals surface area contributed by atoms with Gasteiger partial charge in [-0.1, -0.05) is 28.1 Å². The van der Waals surface area contributed by atoms with Gasteiger partial charge in [0.2, 0.25) is 0 Å². The van der Waals surface area contributed by atoms with Gasteiger partial charge in [0.05, 0.1) is 0 Å². The molecule has 2 rings (SSSR count). The Morgan fingerprint density at radius 2 is 2.36 bits per heavy atom. The van der Waals surface area contributed by atoms with E-state index >= 15 is 0 Å². The maximum absolute atomic E-state index is 5.74. The molecule has 2 nitrogen and oxygen atoms in total.